The van der Waals surface area contributed by atoms with Crippen LogP contribution in [0.2, 0.25) is 0 Å². The van der Waals surface area contributed by atoms with E-state index in [0.29, 0.717) is 13.1 Å². The summed E-state index contributed by atoms with van der Waals surface area (Å²) in [4.78, 5) is 9.88. The van der Waals surface area contributed by atoms with Gasteiger partial charge in [-0.2, -0.15) is 0 Å². The van der Waals surface area contributed by atoms with Crippen LogP contribution >= 0.6 is 0 Å². The molecule has 0 rings (SSSR count). The van der Waals surface area contributed by atoms with Crippen molar-refractivity contribution < 1.29 is 14.3 Å². The zero-order valence-electron chi connectivity index (χ0n) is 7.91. The van der Waals surface area contributed by atoms with Gasteiger partial charge >= 0.3 is 0 Å². The van der Waals surface area contributed by atoms with Gasteiger partial charge in [0.05, 0.1) is 6.10 Å². The van der Waals surface area contributed by atoms with Crippen molar-refractivity contribution in [1.82, 2.24) is 0 Å². The number of carbonyl (C=O) groups excluding carboxylic acids is 1. The molecular weight excluding hydrogens is 156 g/mol. The SMILES string of the molecule is CCCCOC(CC)COC=O. The Hall–Kier alpha value is -0.570. The van der Waals surface area contributed by atoms with Crippen LogP contribution in [0.3, 0.4) is 0 Å². The molecule has 0 aromatic rings. The molecule has 1 atom stereocenters. The predicted molar refractivity (Wildman–Crippen MR) is 47.0 cm³/mol. The topological polar surface area (TPSA) is 35.5 Å². The van der Waals surface area contributed by atoms with Crippen molar-refractivity contribution in [3.8, 4) is 0 Å². The summed E-state index contributed by atoms with van der Waals surface area (Å²) in [5.41, 5.74) is 0. The quantitative estimate of drug-likeness (QED) is 0.415. The Morgan fingerprint density at radius 1 is 1.42 bits per heavy atom. The highest BCUT2D eigenvalue weighted by Gasteiger charge is 2.05. The fourth-order valence-electron chi connectivity index (χ4n) is 0.825. The summed E-state index contributed by atoms with van der Waals surface area (Å²) in [5, 5.41) is 0. The highest BCUT2D eigenvalue weighted by atomic mass is 16.6. The molecule has 12 heavy (non-hydrogen) atoms. The lowest BCUT2D eigenvalue weighted by atomic mass is 10.3. The van der Waals surface area contributed by atoms with Gasteiger partial charge in [0.15, 0.2) is 0 Å². The standard InChI is InChI=1S/C9H18O3/c1-3-5-6-12-9(4-2)7-11-8-10/h8-9H,3-7H2,1-2H3. The maximum Gasteiger partial charge on any atom is 0.293 e. The molecule has 3 nitrogen and oxygen atoms in total. The van der Waals surface area contributed by atoms with Crippen molar-refractivity contribution in [3.05, 3.63) is 0 Å². The number of hydrogen-bond donors (Lipinski definition) is 0. The van der Waals surface area contributed by atoms with Crippen molar-refractivity contribution in [2.75, 3.05) is 13.2 Å². The highest BCUT2D eigenvalue weighted by molar-refractivity contribution is 5.36. The van der Waals surface area contributed by atoms with E-state index in [0.717, 1.165) is 25.9 Å². The second kappa shape index (κ2) is 8.53. The minimum absolute atomic E-state index is 0.0711. The molecule has 0 heterocycles. The van der Waals surface area contributed by atoms with E-state index in [9.17, 15) is 4.79 Å². The summed E-state index contributed by atoms with van der Waals surface area (Å²) in [6.45, 7) is 5.74. The smallest absolute Gasteiger partial charge is 0.293 e. The van der Waals surface area contributed by atoms with Crippen LogP contribution in [0.15, 0.2) is 0 Å². The molecule has 0 aromatic heterocycles. The number of ether oxygens (including phenoxy) is 2. The summed E-state index contributed by atoms with van der Waals surface area (Å²) in [6, 6.07) is 0. The van der Waals surface area contributed by atoms with Crippen LogP contribution in [0.1, 0.15) is 33.1 Å². The lowest BCUT2D eigenvalue weighted by Gasteiger charge is -2.13. The van der Waals surface area contributed by atoms with Gasteiger partial charge in [0.25, 0.3) is 6.47 Å². The normalized spacial score (nSPS) is 12.5. The van der Waals surface area contributed by atoms with Crippen LogP contribution < -0.4 is 0 Å². The van der Waals surface area contributed by atoms with E-state index < -0.39 is 0 Å². The molecule has 1 unspecified atom stereocenters. The second-order valence-corrected chi connectivity index (χ2v) is 2.68. The van der Waals surface area contributed by atoms with Crippen LogP contribution in [-0.2, 0) is 14.3 Å². The summed E-state index contributed by atoms with van der Waals surface area (Å²) >= 11 is 0. The van der Waals surface area contributed by atoms with Gasteiger partial charge in [-0.1, -0.05) is 20.3 Å². The fraction of sp³-hybridized carbons (Fsp3) is 0.889. The van der Waals surface area contributed by atoms with Crippen molar-refractivity contribution in [2.24, 2.45) is 0 Å². The Kier molecular flexibility index (Phi) is 8.12. The summed E-state index contributed by atoms with van der Waals surface area (Å²) < 4.78 is 10.1. The van der Waals surface area contributed by atoms with Gasteiger partial charge < -0.3 is 9.47 Å². The molecule has 0 amide bonds. The van der Waals surface area contributed by atoms with Crippen molar-refractivity contribution in [1.29, 1.82) is 0 Å². The van der Waals surface area contributed by atoms with Gasteiger partial charge in [0.2, 0.25) is 0 Å². The van der Waals surface area contributed by atoms with Crippen molar-refractivity contribution in [3.63, 3.8) is 0 Å². The molecule has 0 bridgehead atoms. The van der Waals surface area contributed by atoms with E-state index in [2.05, 4.69) is 11.7 Å². The average molecular weight is 174 g/mol. The van der Waals surface area contributed by atoms with E-state index in [4.69, 9.17) is 4.74 Å². The van der Waals surface area contributed by atoms with Crippen LogP contribution in [0.5, 0.6) is 0 Å². The van der Waals surface area contributed by atoms with Gasteiger partial charge in [-0.05, 0) is 12.8 Å². The first-order valence-corrected chi connectivity index (χ1v) is 4.52. The van der Waals surface area contributed by atoms with Gasteiger partial charge in [-0.25, -0.2) is 0 Å². The van der Waals surface area contributed by atoms with E-state index in [-0.39, 0.29) is 6.10 Å². The average Bonchev–Trinajstić information content (AvgIpc) is 2.11. The van der Waals surface area contributed by atoms with Crippen LogP contribution in [0, 0.1) is 0 Å². The molecule has 72 valence electrons. The van der Waals surface area contributed by atoms with E-state index in [1.165, 1.54) is 0 Å². The first kappa shape index (κ1) is 11.4. The molecule has 0 aromatic carbocycles. The number of carbonyl (C=O) groups is 1. The Labute approximate surface area is 74.0 Å². The minimum atomic E-state index is 0.0711. The number of hydrogen-bond acceptors (Lipinski definition) is 3. The zero-order chi connectivity index (χ0) is 9.23. The molecule has 0 N–H and O–H groups in total. The molecule has 0 aliphatic carbocycles. The molecule has 0 aliphatic heterocycles. The fourth-order valence-corrected chi connectivity index (χ4v) is 0.825. The second-order valence-electron chi connectivity index (χ2n) is 2.68. The zero-order valence-corrected chi connectivity index (χ0v) is 7.91. The first-order valence-electron chi connectivity index (χ1n) is 4.52. The third kappa shape index (κ3) is 6.16. The van der Waals surface area contributed by atoms with E-state index in [1.54, 1.807) is 0 Å². The third-order valence-electron chi connectivity index (χ3n) is 1.66. The number of unbranched alkanes of at least 4 members (excludes halogenated alkanes) is 1. The molecule has 0 radical (unpaired) electrons. The van der Waals surface area contributed by atoms with Crippen LogP contribution in [0.25, 0.3) is 0 Å². The lowest BCUT2D eigenvalue weighted by molar-refractivity contribution is -0.133. The molecule has 0 saturated heterocycles. The summed E-state index contributed by atoms with van der Waals surface area (Å²) in [7, 11) is 0. The maximum absolute atomic E-state index is 9.88. The summed E-state index contributed by atoms with van der Waals surface area (Å²) in [5.74, 6) is 0. The van der Waals surface area contributed by atoms with Gasteiger partial charge in [-0.15, -0.1) is 0 Å². The molecule has 0 saturated carbocycles. The van der Waals surface area contributed by atoms with Crippen LogP contribution in [-0.4, -0.2) is 25.8 Å². The van der Waals surface area contributed by atoms with Crippen LogP contribution in [0.4, 0.5) is 0 Å². The Morgan fingerprint density at radius 2 is 2.17 bits per heavy atom. The third-order valence-corrected chi connectivity index (χ3v) is 1.66. The largest absolute Gasteiger partial charge is 0.465 e. The molecule has 0 aliphatic rings. The predicted octanol–water partition coefficient (Wildman–Crippen LogP) is 1.75. The lowest BCUT2D eigenvalue weighted by Crippen LogP contribution is -2.19. The Morgan fingerprint density at radius 3 is 2.67 bits per heavy atom. The maximum atomic E-state index is 9.88. The molecular formula is C9H18O3. The van der Waals surface area contributed by atoms with E-state index in [1.807, 2.05) is 6.92 Å². The Balaban J connectivity index is 3.32. The van der Waals surface area contributed by atoms with Gasteiger partial charge in [0, 0.05) is 6.61 Å². The number of rotatable bonds is 8. The molecule has 0 fully saturated rings. The van der Waals surface area contributed by atoms with Crippen molar-refractivity contribution in [2.45, 2.75) is 39.2 Å². The van der Waals surface area contributed by atoms with Crippen molar-refractivity contribution >= 4 is 6.47 Å². The first-order chi connectivity index (χ1) is 5.85. The van der Waals surface area contributed by atoms with Gasteiger partial charge in [0.1, 0.15) is 6.61 Å². The minimum Gasteiger partial charge on any atom is -0.465 e. The van der Waals surface area contributed by atoms with E-state index >= 15 is 0 Å². The highest BCUT2D eigenvalue weighted by Crippen LogP contribution is 2.00. The molecule has 3 heteroatoms. The molecule has 0 spiro atoms. The monoisotopic (exact) mass is 174 g/mol. The van der Waals surface area contributed by atoms with Gasteiger partial charge in [-0.3, -0.25) is 4.79 Å². The Bertz CT molecular complexity index is 104. The summed E-state index contributed by atoms with van der Waals surface area (Å²) in [6.07, 6.45) is 3.15.